The molecule has 0 aliphatic heterocycles. The Labute approximate surface area is 197 Å². The van der Waals surface area contributed by atoms with Gasteiger partial charge in [-0.1, -0.05) is 6.07 Å². The van der Waals surface area contributed by atoms with Crippen LogP contribution in [0.1, 0.15) is 33.6 Å². The molecule has 4 rings (SSSR count). The van der Waals surface area contributed by atoms with Gasteiger partial charge in [-0.2, -0.15) is 0 Å². The van der Waals surface area contributed by atoms with Gasteiger partial charge < -0.3 is 15.4 Å². The molecule has 0 atom stereocenters. The summed E-state index contributed by atoms with van der Waals surface area (Å²) in [4.78, 5) is 33.8. The van der Waals surface area contributed by atoms with Crippen molar-refractivity contribution in [1.29, 1.82) is 0 Å². The predicted molar refractivity (Wildman–Crippen MR) is 130 cm³/mol. The first-order valence-corrected chi connectivity index (χ1v) is 10.9. The summed E-state index contributed by atoms with van der Waals surface area (Å²) in [5, 5.41) is 10.9. The van der Waals surface area contributed by atoms with Crippen LogP contribution >= 0.6 is 0 Å². The van der Waals surface area contributed by atoms with E-state index >= 15 is 0 Å². The molecule has 0 unspecified atom stereocenters. The van der Waals surface area contributed by atoms with Gasteiger partial charge in [0.05, 0.1) is 12.5 Å². The maximum absolute atomic E-state index is 12.7. The highest BCUT2D eigenvalue weighted by Crippen LogP contribution is 2.30. The minimum atomic E-state index is -0.265. The minimum Gasteiger partial charge on any atom is -0.479 e. The van der Waals surface area contributed by atoms with Gasteiger partial charge in [0, 0.05) is 48.5 Å². The van der Waals surface area contributed by atoms with Crippen LogP contribution in [0, 0.1) is 13.8 Å². The zero-order valence-electron chi connectivity index (χ0n) is 19.5. The van der Waals surface area contributed by atoms with Crippen molar-refractivity contribution in [3.05, 3.63) is 71.2 Å². The number of hydrogen-bond acceptors (Lipinski definition) is 6. The number of aromatic nitrogens is 4. The lowest BCUT2D eigenvalue weighted by Crippen LogP contribution is -2.15. The van der Waals surface area contributed by atoms with E-state index in [1.165, 1.54) is 0 Å². The Morgan fingerprint density at radius 2 is 1.82 bits per heavy atom. The van der Waals surface area contributed by atoms with Crippen molar-refractivity contribution in [3.8, 4) is 5.88 Å². The number of hydrogen-bond donors (Lipinski definition) is 2. The fraction of sp³-hybridized carbons (Fsp3) is 0.240. The van der Waals surface area contributed by atoms with E-state index in [0.29, 0.717) is 29.2 Å². The monoisotopic (exact) mass is 458 g/mol. The van der Waals surface area contributed by atoms with Gasteiger partial charge in [0.15, 0.2) is 5.65 Å². The van der Waals surface area contributed by atoms with E-state index in [1.54, 1.807) is 60.6 Å². The molecule has 0 fully saturated rings. The molecule has 0 saturated carbocycles. The summed E-state index contributed by atoms with van der Waals surface area (Å²) in [7, 11) is 3.41. The van der Waals surface area contributed by atoms with E-state index in [9.17, 15) is 9.59 Å². The molecule has 4 aromatic rings. The molecular formula is C25H26N6O3. The predicted octanol–water partition coefficient (Wildman–Crippen LogP) is 3.81. The molecule has 3 heterocycles. The molecule has 2 amide bonds. The maximum atomic E-state index is 12.7. The average Bonchev–Trinajstić information content (AvgIpc) is 3.15. The number of methoxy groups -OCH3 is 1. The van der Waals surface area contributed by atoms with Gasteiger partial charge in [0.1, 0.15) is 0 Å². The van der Waals surface area contributed by atoms with Crippen molar-refractivity contribution in [2.75, 3.05) is 17.7 Å². The van der Waals surface area contributed by atoms with Gasteiger partial charge in [-0.05, 0) is 61.7 Å². The van der Waals surface area contributed by atoms with Gasteiger partial charge >= 0.3 is 0 Å². The fourth-order valence-corrected chi connectivity index (χ4v) is 3.95. The molecule has 0 saturated heterocycles. The smallest absolute Gasteiger partial charge is 0.255 e. The van der Waals surface area contributed by atoms with Crippen LogP contribution in [0.3, 0.4) is 0 Å². The summed E-state index contributed by atoms with van der Waals surface area (Å²) < 4.78 is 7.11. The number of rotatable bonds is 7. The molecule has 3 aromatic heterocycles. The highest BCUT2D eigenvalue weighted by molar-refractivity contribution is 6.05. The summed E-state index contributed by atoms with van der Waals surface area (Å²) in [5.41, 5.74) is 5.27. The Balaban J connectivity index is 1.44. The Bertz CT molecular complexity index is 1360. The Morgan fingerprint density at radius 1 is 1.06 bits per heavy atom. The van der Waals surface area contributed by atoms with Crippen LogP contribution in [-0.4, -0.2) is 38.7 Å². The van der Waals surface area contributed by atoms with E-state index < -0.39 is 0 Å². The van der Waals surface area contributed by atoms with Gasteiger partial charge in [-0.25, -0.2) is 9.67 Å². The molecule has 9 heteroatoms. The molecule has 9 nitrogen and oxygen atoms in total. The van der Waals surface area contributed by atoms with E-state index in [-0.39, 0.29) is 18.2 Å². The first kappa shape index (κ1) is 22.9. The molecule has 0 aliphatic carbocycles. The zero-order chi connectivity index (χ0) is 24.2. The van der Waals surface area contributed by atoms with Crippen molar-refractivity contribution in [2.24, 2.45) is 7.05 Å². The van der Waals surface area contributed by atoms with Crippen LogP contribution in [-0.2, 0) is 18.3 Å². The lowest BCUT2D eigenvalue weighted by atomic mass is 10.00. The normalized spacial score (nSPS) is 10.8. The summed E-state index contributed by atoms with van der Waals surface area (Å²) in [6.07, 6.45) is 4.00. The topological polar surface area (TPSA) is 111 Å². The number of anilines is 2. The number of nitrogens with zero attached hydrogens (tertiary/aromatic N) is 4. The number of ether oxygens (including phenoxy) is 1. The molecular weight excluding hydrogens is 432 g/mol. The van der Waals surface area contributed by atoms with Gasteiger partial charge in [-0.15, -0.1) is 5.10 Å². The highest BCUT2D eigenvalue weighted by Gasteiger charge is 2.18. The largest absolute Gasteiger partial charge is 0.479 e. The van der Waals surface area contributed by atoms with E-state index in [4.69, 9.17) is 4.74 Å². The number of nitrogens with one attached hydrogen (secondary N) is 2. The molecule has 0 aliphatic rings. The van der Waals surface area contributed by atoms with Crippen LogP contribution < -0.4 is 15.4 Å². The first-order valence-electron chi connectivity index (χ1n) is 10.9. The third kappa shape index (κ3) is 4.73. The van der Waals surface area contributed by atoms with Crippen LogP contribution in [0.4, 0.5) is 11.4 Å². The Morgan fingerprint density at radius 3 is 2.56 bits per heavy atom. The van der Waals surface area contributed by atoms with Crippen molar-refractivity contribution >= 4 is 34.2 Å². The van der Waals surface area contributed by atoms with E-state index in [1.807, 2.05) is 20.9 Å². The third-order valence-corrected chi connectivity index (χ3v) is 5.66. The summed E-state index contributed by atoms with van der Waals surface area (Å²) >= 11 is 0. The second-order valence-electron chi connectivity index (χ2n) is 7.95. The van der Waals surface area contributed by atoms with E-state index in [2.05, 4.69) is 25.7 Å². The minimum absolute atomic E-state index is 0.149. The molecule has 0 spiro atoms. The summed E-state index contributed by atoms with van der Waals surface area (Å²) in [6.45, 7) is 3.93. The molecule has 2 N–H and O–H groups in total. The third-order valence-electron chi connectivity index (χ3n) is 5.66. The fourth-order valence-electron chi connectivity index (χ4n) is 3.95. The van der Waals surface area contributed by atoms with Crippen molar-refractivity contribution in [1.82, 2.24) is 19.7 Å². The van der Waals surface area contributed by atoms with Crippen molar-refractivity contribution in [3.63, 3.8) is 0 Å². The second-order valence-corrected chi connectivity index (χ2v) is 7.95. The average molecular weight is 459 g/mol. The molecule has 34 heavy (non-hydrogen) atoms. The summed E-state index contributed by atoms with van der Waals surface area (Å²) in [5.74, 6) is 0.108. The summed E-state index contributed by atoms with van der Waals surface area (Å²) in [6, 6.07) is 10.3. The first-order chi connectivity index (χ1) is 16.4. The number of pyridine rings is 2. The highest BCUT2D eigenvalue weighted by atomic mass is 16.5. The zero-order valence-corrected chi connectivity index (χ0v) is 19.5. The van der Waals surface area contributed by atoms with Crippen molar-refractivity contribution in [2.45, 2.75) is 26.7 Å². The van der Waals surface area contributed by atoms with Gasteiger partial charge in [0.2, 0.25) is 11.8 Å². The lowest BCUT2D eigenvalue weighted by Gasteiger charge is -2.12. The number of carbonyl (C=O) groups excluding carboxylic acids is 2. The standard InChI is InChI=1S/C25H26N6O3/c1-15-20(16(2)27-23-22(15)25(34-4)30-31(23)3)8-9-21(32)28-19-7-5-6-17(14-19)24(33)29-18-10-12-26-13-11-18/h5-7,10-14H,8-9H2,1-4H3,(H,28,32)(H,26,29,33). The van der Waals surface area contributed by atoms with Crippen LogP contribution in [0.25, 0.3) is 11.0 Å². The SMILES string of the molecule is COc1nn(C)c2nc(C)c(CCC(=O)Nc3cccc(C(=O)Nc4ccncc4)c3)c(C)c12. The van der Waals surface area contributed by atoms with E-state index in [0.717, 1.165) is 27.9 Å². The number of amides is 2. The Kier molecular flexibility index (Phi) is 6.53. The number of carbonyl (C=O) groups is 2. The van der Waals surface area contributed by atoms with Gasteiger partial charge in [0.25, 0.3) is 5.91 Å². The Hall–Kier alpha value is -4.27. The van der Waals surface area contributed by atoms with Crippen LogP contribution in [0.2, 0.25) is 0 Å². The maximum Gasteiger partial charge on any atom is 0.255 e. The molecule has 0 radical (unpaired) electrons. The quantitative estimate of drug-likeness (QED) is 0.436. The molecule has 174 valence electrons. The number of aryl methyl sites for hydroxylation is 3. The van der Waals surface area contributed by atoms with Crippen LogP contribution in [0.15, 0.2) is 48.8 Å². The molecule has 0 bridgehead atoms. The lowest BCUT2D eigenvalue weighted by molar-refractivity contribution is -0.116. The number of benzene rings is 1. The van der Waals surface area contributed by atoms with Gasteiger partial charge in [-0.3, -0.25) is 14.6 Å². The second kappa shape index (κ2) is 9.70. The van der Waals surface area contributed by atoms with Crippen LogP contribution in [0.5, 0.6) is 5.88 Å². The number of fused-ring (bicyclic) bond motifs is 1. The molecule has 1 aromatic carbocycles. The van der Waals surface area contributed by atoms with Crippen molar-refractivity contribution < 1.29 is 14.3 Å².